The maximum Gasteiger partial charge on any atom is 0.410 e. The zero-order chi connectivity index (χ0) is 37.6. The molecule has 3 N–H and O–H groups in total. The molecule has 6 rings (SSSR count). The van der Waals surface area contributed by atoms with Crippen molar-refractivity contribution >= 4 is 63.1 Å². The van der Waals surface area contributed by atoms with Gasteiger partial charge >= 0.3 is 12.2 Å². The predicted molar refractivity (Wildman–Crippen MR) is 191 cm³/mol. The van der Waals surface area contributed by atoms with E-state index in [-0.39, 0.29) is 38.9 Å². The second kappa shape index (κ2) is 14.7. The molecule has 5 amide bonds. The van der Waals surface area contributed by atoms with Crippen molar-refractivity contribution < 1.29 is 41.9 Å². The summed E-state index contributed by atoms with van der Waals surface area (Å²) >= 11 is 12.4. The van der Waals surface area contributed by atoms with Crippen molar-refractivity contribution in [3.63, 3.8) is 0 Å². The highest BCUT2D eigenvalue weighted by atomic mass is 35.5. The number of nitrogens with one attached hydrogen (secondary N) is 3. The Labute approximate surface area is 313 Å². The molecule has 0 radical (unpaired) electrons. The lowest BCUT2D eigenvalue weighted by molar-refractivity contribution is -0.141. The molecule has 0 aromatic heterocycles. The van der Waals surface area contributed by atoms with Gasteiger partial charge in [-0.05, 0) is 82.6 Å². The number of rotatable bonds is 5. The Hall–Kier alpha value is -3.56. The number of alkyl carbamates (subject to hydrolysis) is 1. The van der Waals surface area contributed by atoms with E-state index in [2.05, 4.69) is 15.4 Å². The molecule has 3 fully saturated rings. The van der Waals surface area contributed by atoms with Crippen molar-refractivity contribution in [1.82, 2.24) is 25.2 Å². The van der Waals surface area contributed by atoms with E-state index in [1.807, 2.05) is 12.2 Å². The van der Waals surface area contributed by atoms with Crippen LogP contribution in [0.25, 0.3) is 0 Å². The first-order valence-electron chi connectivity index (χ1n) is 17.7. The number of ether oxygens (including phenoxy) is 2. The number of halogens is 2. The highest BCUT2D eigenvalue weighted by molar-refractivity contribution is 7.91. The van der Waals surface area contributed by atoms with Crippen LogP contribution in [0.3, 0.4) is 0 Å². The van der Waals surface area contributed by atoms with E-state index in [1.54, 1.807) is 32.9 Å². The Morgan fingerprint density at radius 2 is 1.67 bits per heavy atom. The van der Waals surface area contributed by atoms with Crippen LogP contribution in [-0.4, -0.2) is 89.2 Å². The first-order chi connectivity index (χ1) is 24.5. The van der Waals surface area contributed by atoms with Crippen molar-refractivity contribution in [1.29, 1.82) is 0 Å². The van der Waals surface area contributed by atoms with Gasteiger partial charge in [0.1, 0.15) is 29.3 Å². The monoisotopic (exact) mass is 781 g/mol. The Morgan fingerprint density at radius 3 is 2.31 bits per heavy atom. The van der Waals surface area contributed by atoms with Gasteiger partial charge in [0.25, 0.3) is 5.91 Å². The van der Waals surface area contributed by atoms with Gasteiger partial charge in [0, 0.05) is 25.4 Å². The van der Waals surface area contributed by atoms with Crippen LogP contribution in [0.5, 0.6) is 0 Å². The zero-order valence-electron chi connectivity index (χ0n) is 29.4. The SMILES string of the molecule is CC(C)(C)OC(=O)N[C@H]1CCCCC/C=C\[C@@H]2C[C@@]2(C(=O)NS(=O)(=O)C2CC2)NC(=O)[C@@H]2C[C@@H](OC(=O)N3Cc4cc(Cl)c(Cl)cc4C3)CN2C1=O. The molecule has 1 aromatic carbocycles. The summed E-state index contributed by atoms with van der Waals surface area (Å²) in [6, 6.07) is 1.13. The number of nitrogens with zero attached hydrogens (tertiary/aromatic N) is 2. The highest BCUT2D eigenvalue weighted by Gasteiger charge is 2.62. The average Bonchev–Trinajstić information content (AvgIpc) is 3.94. The molecule has 2 saturated carbocycles. The molecule has 0 bridgehead atoms. The van der Waals surface area contributed by atoms with E-state index in [0.717, 1.165) is 24.0 Å². The number of amides is 5. The van der Waals surface area contributed by atoms with Gasteiger partial charge in [0.05, 0.1) is 21.8 Å². The molecular weight excluding hydrogens is 737 g/mol. The molecule has 2 aliphatic carbocycles. The third kappa shape index (κ3) is 8.62. The molecule has 284 valence electrons. The molecule has 52 heavy (non-hydrogen) atoms. The van der Waals surface area contributed by atoms with Crippen LogP contribution < -0.4 is 15.4 Å². The van der Waals surface area contributed by atoms with Crippen molar-refractivity contribution in [2.45, 2.75) is 126 Å². The minimum absolute atomic E-state index is 0.0977. The van der Waals surface area contributed by atoms with Gasteiger partial charge < -0.3 is 25.0 Å². The second-order valence-corrected chi connectivity index (χ2v) is 18.1. The van der Waals surface area contributed by atoms with Crippen LogP contribution >= 0.6 is 23.2 Å². The van der Waals surface area contributed by atoms with Crippen LogP contribution in [-0.2, 0) is 47.0 Å². The summed E-state index contributed by atoms with van der Waals surface area (Å²) in [6.07, 6.45) is 5.36. The van der Waals surface area contributed by atoms with Gasteiger partial charge in [-0.2, -0.15) is 0 Å². The fraction of sp³-hybridized carbons (Fsp3) is 0.629. The van der Waals surface area contributed by atoms with Crippen LogP contribution in [0.1, 0.15) is 89.7 Å². The van der Waals surface area contributed by atoms with Gasteiger partial charge in [0.2, 0.25) is 21.8 Å². The van der Waals surface area contributed by atoms with E-state index >= 15 is 0 Å². The molecule has 1 aromatic rings. The van der Waals surface area contributed by atoms with Gasteiger partial charge in [0.15, 0.2) is 0 Å². The molecule has 5 aliphatic rings. The van der Waals surface area contributed by atoms with Crippen LogP contribution in [0.2, 0.25) is 10.0 Å². The number of sulfonamides is 1. The molecule has 0 spiro atoms. The normalized spacial score (nSPS) is 28.6. The number of carbonyl (C=O) groups is 5. The molecule has 0 unspecified atom stereocenters. The molecule has 3 heterocycles. The Bertz CT molecular complexity index is 1750. The molecule has 3 aliphatic heterocycles. The van der Waals surface area contributed by atoms with E-state index in [9.17, 15) is 32.4 Å². The van der Waals surface area contributed by atoms with Crippen molar-refractivity contribution in [3.8, 4) is 0 Å². The molecule has 17 heteroatoms. The standard InChI is InChI=1S/C35H45Cl2N5O9S/c1-34(2,3)51-32(46)38-27-10-8-6-4-5-7-9-22-16-35(22,31(45)40-52(48,49)24-11-12-24)39-29(43)28-15-23(19-42(28)30(27)44)50-33(47)41-17-20-13-25(36)26(37)14-21(20)18-41/h7,9,13-14,22-24,27-28H,4-6,8,10-12,15-19H2,1-3H3,(H,38,46)(H,39,43)(H,40,45)/b9-7-/t22-,23-,27+,28+,35-/m1/s1. The Balaban J connectivity index is 1.25. The van der Waals surface area contributed by atoms with E-state index < -0.39 is 80.4 Å². The predicted octanol–water partition coefficient (Wildman–Crippen LogP) is 4.31. The second-order valence-electron chi connectivity index (χ2n) is 15.4. The van der Waals surface area contributed by atoms with E-state index in [1.165, 1.54) is 9.80 Å². The summed E-state index contributed by atoms with van der Waals surface area (Å²) in [5.41, 5.74) is -0.742. The number of allylic oxidation sites excluding steroid dienone is 1. The summed E-state index contributed by atoms with van der Waals surface area (Å²) in [7, 11) is -3.91. The molecular formula is C35H45Cl2N5O9S. The van der Waals surface area contributed by atoms with Crippen molar-refractivity contribution in [3.05, 3.63) is 45.5 Å². The number of fused-ring (bicyclic) bond motifs is 3. The lowest BCUT2D eigenvalue weighted by atomic mass is 10.0. The Morgan fingerprint density at radius 1 is 1.00 bits per heavy atom. The molecule has 14 nitrogen and oxygen atoms in total. The number of hydrogen-bond donors (Lipinski definition) is 3. The smallest absolute Gasteiger partial charge is 0.410 e. The van der Waals surface area contributed by atoms with Crippen molar-refractivity contribution in [2.24, 2.45) is 5.92 Å². The lowest BCUT2D eigenvalue weighted by Crippen LogP contribution is -2.58. The van der Waals surface area contributed by atoms with Gasteiger partial charge in [-0.25, -0.2) is 18.0 Å². The van der Waals surface area contributed by atoms with Gasteiger partial charge in [-0.3, -0.25) is 24.0 Å². The largest absolute Gasteiger partial charge is 0.444 e. The number of carbonyl (C=O) groups excluding carboxylic acids is 5. The van der Waals surface area contributed by atoms with Crippen LogP contribution in [0.15, 0.2) is 24.3 Å². The minimum atomic E-state index is -3.91. The van der Waals surface area contributed by atoms with Gasteiger partial charge in [-0.1, -0.05) is 48.2 Å². The number of hydrogen-bond acceptors (Lipinski definition) is 9. The van der Waals surface area contributed by atoms with Crippen LogP contribution in [0.4, 0.5) is 9.59 Å². The average molecular weight is 783 g/mol. The summed E-state index contributed by atoms with van der Waals surface area (Å²) in [4.78, 5) is 71.2. The van der Waals surface area contributed by atoms with E-state index in [0.29, 0.717) is 35.7 Å². The maximum absolute atomic E-state index is 14.3. The third-order valence-corrected chi connectivity index (χ3v) is 12.6. The zero-order valence-corrected chi connectivity index (χ0v) is 31.7. The summed E-state index contributed by atoms with van der Waals surface area (Å²) < 4.78 is 39.0. The topological polar surface area (TPSA) is 181 Å². The van der Waals surface area contributed by atoms with Crippen molar-refractivity contribution in [2.75, 3.05) is 6.54 Å². The summed E-state index contributed by atoms with van der Waals surface area (Å²) in [5.74, 6) is -2.57. The van der Waals surface area contributed by atoms with E-state index in [4.69, 9.17) is 32.7 Å². The summed E-state index contributed by atoms with van der Waals surface area (Å²) in [5, 5.41) is 5.56. The minimum Gasteiger partial charge on any atom is -0.444 e. The first kappa shape index (κ1) is 38.2. The lowest BCUT2D eigenvalue weighted by Gasteiger charge is -2.30. The first-order valence-corrected chi connectivity index (χ1v) is 20.0. The molecule has 1 saturated heterocycles. The maximum atomic E-state index is 14.3. The Kier molecular flexibility index (Phi) is 10.8. The van der Waals surface area contributed by atoms with Gasteiger partial charge in [-0.15, -0.1) is 0 Å². The fourth-order valence-electron chi connectivity index (χ4n) is 7.03. The summed E-state index contributed by atoms with van der Waals surface area (Å²) in [6.45, 7) is 5.39. The number of benzene rings is 1. The molecule has 5 atom stereocenters. The van der Waals surface area contributed by atoms with Crippen LogP contribution in [0, 0.1) is 5.92 Å². The third-order valence-electron chi connectivity index (χ3n) is 10.0. The quantitative estimate of drug-likeness (QED) is 0.367. The highest BCUT2D eigenvalue weighted by Crippen LogP contribution is 2.46. The fourth-order valence-corrected chi connectivity index (χ4v) is 8.77.